The smallest absolute Gasteiger partial charge is 0.146 e. The molecule has 0 bridgehead atoms. The van der Waals surface area contributed by atoms with Crippen LogP contribution in [0.3, 0.4) is 0 Å². The topological polar surface area (TPSA) is 17.8 Å². The minimum atomic E-state index is 0.407. The normalized spacial score (nSPS) is 11.7. The summed E-state index contributed by atoms with van der Waals surface area (Å²) in [5.41, 5.74) is 8.31. The second-order valence-corrected chi connectivity index (χ2v) is 8.75. The minimum Gasteiger partial charge on any atom is -0.292 e. The van der Waals surface area contributed by atoms with Gasteiger partial charge in [-0.3, -0.25) is 4.57 Å². The molecule has 4 rings (SSSR count). The van der Waals surface area contributed by atoms with Crippen molar-refractivity contribution in [3.05, 3.63) is 82.4 Å². The molecule has 4 aromatic rings. The molecule has 0 atom stereocenters. The third-order valence-corrected chi connectivity index (χ3v) is 5.79. The van der Waals surface area contributed by atoms with Gasteiger partial charge in [0.2, 0.25) is 0 Å². The molecule has 0 N–H and O–H groups in total. The lowest BCUT2D eigenvalue weighted by molar-refractivity contribution is 0.811. The molecule has 0 amide bonds. The number of halogens is 1. The number of imidazole rings is 1. The molecule has 1 aromatic heterocycles. The molecule has 3 heteroatoms. The summed E-state index contributed by atoms with van der Waals surface area (Å²) in [6, 6.07) is 21.1. The van der Waals surface area contributed by atoms with Gasteiger partial charge in [-0.25, -0.2) is 4.98 Å². The SMILES string of the molecule is Cc1cc(Cl)ccc1-c1nc2ccccc2n1-c1c(C(C)C)cccc1C(C)C. The number of aryl methyl sites for hydroxylation is 1. The van der Waals surface area contributed by atoms with Crippen molar-refractivity contribution in [3.8, 4) is 17.1 Å². The second-order valence-electron chi connectivity index (χ2n) is 8.31. The molecule has 0 fully saturated rings. The number of hydrogen-bond donors (Lipinski definition) is 0. The van der Waals surface area contributed by atoms with Gasteiger partial charge < -0.3 is 0 Å². The van der Waals surface area contributed by atoms with E-state index in [2.05, 4.69) is 87.7 Å². The highest BCUT2D eigenvalue weighted by molar-refractivity contribution is 6.30. The lowest BCUT2D eigenvalue weighted by Crippen LogP contribution is -2.08. The van der Waals surface area contributed by atoms with E-state index in [1.165, 1.54) is 16.8 Å². The fourth-order valence-corrected chi connectivity index (χ4v) is 4.31. The second kappa shape index (κ2) is 7.68. The van der Waals surface area contributed by atoms with E-state index >= 15 is 0 Å². The van der Waals surface area contributed by atoms with Crippen LogP contribution in [0.2, 0.25) is 5.02 Å². The first-order valence-electron chi connectivity index (χ1n) is 10.3. The first-order valence-corrected chi connectivity index (χ1v) is 10.6. The van der Waals surface area contributed by atoms with Crippen LogP contribution in [-0.2, 0) is 0 Å². The summed E-state index contributed by atoms with van der Waals surface area (Å²) in [7, 11) is 0. The Hall–Kier alpha value is -2.58. The predicted octanol–water partition coefficient (Wildman–Crippen LogP) is 7.90. The van der Waals surface area contributed by atoms with E-state index in [9.17, 15) is 0 Å². The lowest BCUT2D eigenvalue weighted by atomic mass is 9.92. The van der Waals surface area contributed by atoms with Crippen molar-refractivity contribution >= 4 is 22.6 Å². The monoisotopic (exact) mass is 402 g/mol. The Morgan fingerprint density at radius 3 is 2.10 bits per heavy atom. The molecule has 3 aromatic carbocycles. The first kappa shape index (κ1) is 19.7. The maximum absolute atomic E-state index is 6.25. The average Bonchev–Trinajstić information content (AvgIpc) is 3.06. The van der Waals surface area contributed by atoms with Gasteiger partial charge in [0.25, 0.3) is 0 Å². The van der Waals surface area contributed by atoms with Crippen molar-refractivity contribution in [2.24, 2.45) is 0 Å². The van der Waals surface area contributed by atoms with Crippen LogP contribution >= 0.6 is 11.6 Å². The molecule has 0 aliphatic rings. The molecule has 2 nitrogen and oxygen atoms in total. The molecule has 0 aliphatic heterocycles. The number of nitrogens with zero attached hydrogens (tertiary/aromatic N) is 2. The quantitative estimate of drug-likeness (QED) is 0.339. The number of fused-ring (bicyclic) bond motifs is 1. The summed E-state index contributed by atoms with van der Waals surface area (Å²) in [6.45, 7) is 11.1. The summed E-state index contributed by atoms with van der Waals surface area (Å²) in [4.78, 5) is 5.07. The number of benzene rings is 3. The van der Waals surface area contributed by atoms with Crippen LogP contribution in [0.5, 0.6) is 0 Å². The Kier molecular flexibility index (Phi) is 5.23. The van der Waals surface area contributed by atoms with Gasteiger partial charge in [0.1, 0.15) is 5.82 Å². The Bertz CT molecular complexity index is 1160. The van der Waals surface area contributed by atoms with Crippen LogP contribution in [0.1, 0.15) is 56.2 Å². The zero-order valence-electron chi connectivity index (χ0n) is 17.7. The van der Waals surface area contributed by atoms with Crippen molar-refractivity contribution in [1.29, 1.82) is 0 Å². The Morgan fingerprint density at radius 1 is 0.828 bits per heavy atom. The highest BCUT2D eigenvalue weighted by Gasteiger charge is 2.22. The molecule has 0 saturated heterocycles. The Balaban J connectivity index is 2.15. The van der Waals surface area contributed by atoms with Gasteiger partial charge >= 0.3 is 0 Å². The first-order chi connectivity index (χ1) is 13.9. The maximum atomic E-state index is 6.25. The molecular formula is C26H27ClN2. The van der Waals surface area contributed by atoms with Crippen LogP contribution in [0.4, 0.5) is 0 Å². The van der Waals surface area contributed by atoms with Crippen LogP contribution < -0.4 is 0 Å². The fourth-order valence-electron chi connectivity index (χ4n) is 4.08. The van der Waals surface area contributed by atoms with Crippen LogP contribution in [0.15, 0.2) is 60.7 Å². The van der Waals surface area contributed by atoms with Gasteiger partial charge in [-0.2, -0.15) is 0 Å². The molecular weight excluding hydrogens is 376 g/mol. The maximum Gasteiger partial charge on any atom is 0.146 e. The summed E-state index contributed by atoms with van der Waals surface area (Å²) >= 11 is 6.25. The van der Waals surface area contributed by atoms with E-state index in [0.29, 0.717) is 11.8 Å². The predicted molar refractivity (Wildman–Crippen MR) is 124 cm³/mol. The summed E-state index contributed by atoms with van der Waals surface area (Å²) < 4.78 is 2.36. The molecule has 0 radical (unpaired) electrons. The van der Waals surface area contributed by atoms with Crippen molar-refractivity contribution in [2.45, 2.75) is 46.5 Å². The van der Waals surface area contributed by atoms with Gasteiger partial charge in [0.05, 0.1) is 16.7 Å². The molecule has 0 aliphatic carbocycles. The highest BCUT2D eigenvalue weighted by Crippen LogP contribution is 2.38. The van der Waals surface area contributed by atoms with E-state index in [4.69, 9.17) is 16.6 Å². The number of hydrogen-bond acceptors (Lipinski definition) is 1. The van der Waals surface area contributed by atoms with Crippen molar-refractivity contribution in [3.63, 3.8) is 0 Å². The average molecular weight is 403 g/mol. The zero-order valence-corrected chi connectivity index (χ0v) is 18.5. The summed E-state index contributed by atoms with van der Waals surface area (Å²) in [5, 5.41) is 0.749. The van der Waals surface area contributed by atoms with Gasteiger partial charge in [0, 0.05) is 10.6 Å². The van der Waals surface area contributed by atoms with Gasteiger partial charge in [-0.05, 0) is 65.8 Å². The highest BCUT2D eigenvalue weighted by atomic mass is 35.5. The Labute approximate surface area is 178 Å². The van der Waals surface area contributed by atoms with Crippen LogP contribution in [0, 0.1) is 6.92 Å². The number of aromatic nitrogens is 2. The fraction of sp³-hybridized carbons (Fsp3) is 0.269. The molecule has 148 valence electrons. The Morgan fingerprint density at radius 2 is 1.48 bits per heavy atom. The van der Waals surface area contributed by atoms with E-state index < -0.39 is 0 Å². The van der Waals surface area contributed by atoms with Gasteiger partial charge in [-0.1, -0.05) is 69.6 Å². The largest absolute Gasteiger partial charge is 0.292 e. The molecule has 1 heterocycles. The van der Waals surface area contributed by atoms with Crippen molar-refractivity contribution in [2.75, 3.05) is 0 Å². The molecule has 0 spiro atoms. The van der Waals surface area contributed by atoms with E-state index in [0.717, 1.165) is 33.0 Å². The van der Waals surface area contributed by atoms with E-state index in [1.807, 2.05) is 12.1 Å². The molecule has 0 unspecified atom stereocenters. The van der Waals surface area contributed by atoms with Crippen LogP contribution in [-0.4, -0.2) is 9.55 Å². The third kappa shape index (κ3) is 3.47. The number of para-hydroxylation sites is 3. The lowest BCUT2D eigenvalue weighted by Gasteiger charge is -2.23. The third-order valence-electron chi connectivity index (χ3n) is 5.56. The molecule has 0 saturated carbocycles. The standard InChI is InChI=1S/C26H27ClN2/c1-16(2)20-9-8-10-21(17(3)4)25(20)29-24-12-7-6-11-23(24)28-26(29)22-14-13-19(27)15-18(22)5/h6-17H,1-5H3. The minimum absolute atomic E-state index is 0.407. The zero-order chi connectivity index (χ0) is 20.7. The van der Waals surface area contributed by atoms with Gasteiger partial charge in [-0.15, -0.1) is 0 Å². The number of rotatable bonds is 4. The van der Waals surface area contributed by atoms with Crippen LogP contribution in [0.25, 0.3) is 28.1 Å². The molecule has 29 heavy (non-hydrogen) atoms. The summed E-state index contributed by atoms with van der Waals surface area (Å²) in [5.74, 6) is 1.78. The van der Waals surface area contributed by atoms with E-state index in [1.54, 1.807) is 0 Å². The van der Waals surface area contributed by atoms with Crippen molar-refractivity contribution < 1.29 is 0 Å². The van der Waals surface area contributed by atoms with Gasteiger partial charge in [0.15, 0.2) is 0 Å². The summed E-state index contributed by atoms with van der Waals surface area (Å²) in [6.07, 6.45) is 0. The van der Waals surface area contributed by atoms with Crippen molar-refractivity contribution in [1.82, 2.24) is 9.55 Å². The van der Waals surface area contributed by atoms with E-state index in [-0.39, 0.29) is 0 Å².